The number of aromatic nitrogens is 2. The van der Waals surface area contributed by atoms with Crippen molar-refractivity contribution >= 4 is 21.6 Å². The molecule has 1 aliphatic heterocycles. The fourth-order valence-electron chi connectivity index (χ4n) is 3.38. The second-order valence-electron chi connectivity index (χ2n) is 6.46. The quantitative estimate of drug-likeness (QED) is 0.747. The van der Waals surface area contributed by atoms with Crippen LogP contribution in [0.3, 0.4) is 0 Å². The Hall–Kier alpha value is -1.98. The molecule has 0 bridgehead atoms. The summed E-state index contributed by atoms with van der Waals surface area (Å²) in [6.45, 7) is 6.03. The molecule has 1 aliphatic rings. The Morgan fingerprint density at radius 3 is 2.70 bits per heavy atom. The first-order valence-corrected chi connectivity index (χ1v) is 8.64. The summed E-state index contributed by atoms with van der Waals surface area (Å²) >= 11 is 1.66. The Bertz CT molecular complexity index is 950. The van der Waals surface area contributed by atoms with Crippen molar-refractivity contribution in [2.45, 2.75) is 26.8 Å². The van der Waals surface area contributed by atoms with Crippen molar-refractivity contribution in [3.05, 3.63) is 50.1 Å². The van der Waals surface area contributed by atoms with Gasteiger partial charge in [0, 0.05) is 23.5 Å². The first kappa shape index (κ1) is 14.6. The fourth-order valence-corrected chi connectivity index (χ4v) is 4.68. The zero-order chi connectivity index (χ0) is 16.1. The molecule has 0 unspecified atom stereocenters. The number of fused-ring (bicyclic) bond motifs is 3. The van der Waals surface area contributed by atoms with Crippen molar-refractivity contribution in [1.82, 2.24) is 14.9 Å². The van der Waals surface area contributed by atoms with E-state index in [2.05, 4.69) is 49.0 Å². The van der Waals surface area contributed by atoms with Crippen LogP contribution >= 0.6 is 11.3 Å². The normalized spacial score (nSPS) is 15.1. The number of nitrogens with zero attached hydrogens (tertiary/aromatic N) is 2. The van der Waals surface area contributed by atoms with Crippen molar-refractivity contribution in [2.24, 2.45) is 0 Å². The Morgan fingerprint density at radius 1 is 1.22 bits per heavy atom. The van der Waals surface area contributed by atoms with Crippen molar-refractivity contribution in [3.63, 3.8) is 0 Å². The molecule has 0 radical (unpaired) electrons. The Labute approximate surface area is 138 Å². The van der Waals surface area contributed by atoms with Crippen LogP contribution in [0, 0.1) is 13.8 Å². The zero-order valence-corrected chi connectivity index (χ0v) is 14.4. The summed E-state index contributed by atoms with van der Waals surface area (Å²) in [5.74, 6) is 0.668. The monoisotopic (exact) mass is 325 g/mol. The predicted octanol–water partition coefficient (Wildman–Crippen LogP) is 3.26. The van der Waals surface area contributed by atoms with E-state index in [1.165, 1.54) is 21.6 Å². The molecule has 23 heavy (non-hydrogen) atoms. The molecule has 1 N–H and O–H groups in total. The third kappa shape index (κ3) is 2.50. The largest absolute Gasteiger partial charge is 0.306 e. The highest BCUT2D eigenvalue weighted by atomic mass is 32.1. The molecule has 5 heteroatoms. The van der Waals surface area contributed by atoms with Gasteiger partial charge in [0.1, 0.15) is 10.7 Å². The van der Waals surface area contributed by atoms with Crippen LogP contribution in [0.4, 0.5) is 0 Å². The maximum Gasteiger partial charge on any atom is 0.260 e. The molecule has 0 fully saturated rings. The van der Waals surface area contributed by atoms with Crippen molar-refractivity contribution in [1.29, 1.82) is 0 Å². The minimum absolute atomic E-state index is 0.00814. The van der Waals surface area contributed by atoms with Gasteiger partial charge >= 0.3 is 0 Å². The number of aromatic amines is 1. The van der Waals surface area contributed by atoms with Gasteiger partial charge in [0.25, 0.3) is 5.56 Å². The van der Waals surface area contributed by atoms with Crippen LogP contribution in [-0.4, -0.2) is 28.5 Å². The number of aryl methyl sites for hydroxylation is 2. The second kappa shape index (κ2) is 5.28. The summed E-state index contributed by atoms with van der Waals surface area (Å²) in [6.07, 6.45) is 0.930. The molecule has 0 atom stereocenters. The van der Waals surface area contributed by atoms with Crippen LogP contribution < -0.4 is 5.56 Å². The SMILES string of the molecule is Cc1cc(C)cc(-c2nc3sc4c(c3c(=O)[nH]2)CCN(C)C4)c1. The predicted molar refractivity (Wildman–Crippen MR) is 95.2 cm³/mol. The number of hydrogen-bond donors (Lipinski definition) is 1. The number of rotatable bonds is 1. The molecule has 1 aromatic carbocycles. The van der Waals surface area contributed by atoms with Crippen LogP contribution in [0.2, 0.25) is 0 Å². The van der Waals surface area contributed by atoms with Gasteiger partial charge in [-0.25, -0.2) is 4.98 Å². The molecule has 118 valence electrons. The molecule has 0 spiro atoms. The second-order valence-corrected chi connectivity index (χ2v) is 7.55. The smallest absolute Gasteiger partial charge is 0.260 e. The van der Waals surface area contributed by atoms with Crippen LogP contribution in [-0.2, 0) is 13.0 Å². The average molecular weight is 325 g/mol. The van der Waals surface area contributed by atoms with Gasteiger partial charge in [0.15, 0.2) is 0 Å². The van der Waals surface area contributed by atoms with Crippen LogP contribution in [0.15, 0.2) is 23.0 Å². The number of H-pyrrole nitrogens is 1. The lowest BCUT2D eigenvalue weighted by molar-refractivity contribution is 0.318. The third-order valence-electron chi connectivity index (χ3n) is 4.40. The molecule has 3 aromatic rings. The Balaban J connectivity index is 1.92. The van der Waals surface area contributed by atoms with Crippen molar-refractivity contribution < 1.29 is 0 Å². The number of likely N-dealkylation sites (N-methyl/N-ethyl adjacent to an activating group) is 1. The van der Waals surface area contributed by atoms with Crippen LogP contribution in [0.25, 0.3) is 21.6 Å². The van der Waals surface area contributed by atoms with Gasteiger partial charge in [0.2, 0.25) is 0 Å². The van der Waals surface area contributed by atoms with Gasteiger partial charge in [-0.1, -0.05) is 17.2 Å². The molecule has 0 aliphatic carbocycles. The van der Waals surface area contributed by atoms with Crippen LogP contribution in [0.5, 0.6) is 0 Å². The molecule has 4 nitrogen and oxygen atoms in total. The Kier molecular flexibility index (Phi) is 3.36. The van der Waals surface area contributed by atoms with E-state index in [1.54, 1.807) is 11.3 Å². The highest BCUT2D eigenvalue weighted by molar-refractivity contribution is 7.18. The van der Waals surface area contributed by atoms with Crippen molar-refractivity contribution in [2.75, 3.05) is 13.6 Å². The van der Waals surface area contributed by atoms with Crippen LogP contribution in [0.1, 0.15) is 21.6 Å². The third-order valence-corrected chi connectivity index (χ3v) is 5.51. The van der Waals surface area contributed by atoms with E-state index in [1.807, 2.05) is 0 Å². The summed E-state index contributed by atoms with van der Waals surface area (Å²) in [5, 5.41) is 0.797. The number of benzene rings is 1. The lowest BCUT2D eigenvalue weighted by Crippen LogP contribution is -2.25. The van der Waals surface area contributed by atoms with E-state index in [-0.39, 0.29) is 5.56 Å². The average Bonchev–Trinajstić information content (AvgIpc) is 2.83. The molecular formula is C18H19N3OS. The first-order chi connectivity index (χ1) is 11.0. The highest BCUT2D eigenvalue weighted by Crippen LogP contribution is 2.32. The standard InChI is InChI=1S/C18H19N3OS/c1-10-6-11(2)8-12(7-10)16-19-17(22)15-13-4-5-21(3)9-14(13)23-18(15)20-16/h6-8H,4-5,9H2,1-3H3,(H,19,20,22). The molecule has 4 rings (SSSR count). The summed E-state index contributed by atoms with van der Waals surface area (Å²) < 4.78 is 0. The van der Waals surface area contributed by atoms with E-state index in [0.29, 0.717) is 5.82 Å². The molecule has 0 saturated carbocycles. The summed E-state index contributed by atoms with van der Waals surface area (Å²) in [4.78, 5) is 24.8. The zero-order valence-electron chi connectivity index (χ0n) is 13.6. The van der Waals surface area contributed by atoms with Gasteiger partial charge in [-0.2, -0.15) is 0 Å². The van der Waals surface area contributed by atoms with E-state index in [4.69, 9.17) is 4.98 Å². The first-order valence-electron chi connectivity index (χ1n) is 7.83. The lowest BCUT2D eigenvalue weighted by atomic mass is 10.1. The Morgan fingerprint density at radius 2 is 1.96 bits per heavy atom. The van der Waals surface area contributed by atoms with E-state index >= 15 is 0 Å². The number of hydrogen-bond acceptors (Lipinski definition) is 4. The molecule has 3 heterocycles. The van der Waals surface area contributed by atoms with E-state index < -0.39 is 0 Å². The molecular weight excluding hydrogens is 306 g/mol. The summed E-state index contributed by atoms with van der Waals surface area (Å²) in [6, 6.07) is 6.26. The minimum Gasteiger partial charge on any atom is -0.306 e. The van der Waals surface area contributed by atoms with E-state index in [9.17, 15) is 4.79 Å². The number of thiophene rings is 1. The fraction of sp³-hybridized carbons (Fsp3) is 0.333. The summed E-state index contributed by atoms with van der Waals surface area (Å²) in [5.41, 5.74) is 4.52. The minimum atomic E-state index is -0.00814. The maximum absolute atomic E-state index is 12.7. The maximum atomic E-state index is 12.7. The summed E-state index contributed by atoms with van der Waals surface area (Å²) in [7, 11) is 2.12. The van der Waals surface area contributed by atoms with Crippen molar-refractivity contribution in [3.8, 4) is 11.4 Å². The topological polar surface area (TPSA) is 49.0 Å². The van der Waals surface area contributed by atoms with Gasteiger partial charge in [0.05, 0.1) is 5.39 Å². The highest BCUT2D eigenvalue weighted by Gasteiger charge is 2.22. The van der Waals surface area contributed by atoms with Gasteiger partial charge in [-0.3, -0.25) is 4.79 Å². The van der Waals surface area contributed by atoms with E-state index in [0.717, 1.165) is 35.3 Å². The molecule has 0 saturated heterocycles. The van der Waals surface area contributed by atoms with Gasteiger partial charge in [-0.05, 0) is 45.0 Å². The van der Waals surface area contributed by atoms with Gasteiger partial charge in [-0.15, -0.1) is 11.3 Å². The number of nitrogens with one attached hydrogen (secondary N) is 1. The lowest BCUT2D eigenvalue weighted by Gasteiger charge is -2.21. The molecule has 2 aromatic heterocycles. The molecule has 0 amide bonds. The van der Waals surface area contributed by atoms with Gasteiger partial charge < -0.3 is 9.88 Å².